The summed E-state index contributed by atoms with van der Waals surface area (Å²) < 4.78 is 0. The predicted molar refractivity (Wildman–Crippen MR) is 113 cm³/mol. The van der Waals surface area contributed by atoms with E-state index < -0.39 is 0 Å². The number of hydrogen-bond acceptors (Lipinski definition) is 4. The van der Waals surface area contributed by atoms with Crippen LogP contribution in [0.2, 0.25) is 5.02 Å². The molecule has 148 valence electrons. The number of pyridine rings is 1. The average Bonchev–Trinajstić information content (AvgIpc) is 2.62. The lowest BCUT2D eigenvalue weighted by atomic mass is 10.2. The minimum atomic E-state index is -0.271. The molecule has 0 atom stereocenters. The molecule has 0 fully saturated rings. The van der Waals surface area contributed by atoms with Gasteiger partial charge in [-0.25, -0.2) is 0 Å². The molecule has 2 aromatic rings. The van der Waals surface area contributed by atoms with Crippen molar-refractivity contribution in [3.63, 3.8) is 0 Å². The second-order valence-corrected chi connectivity index (χ2v) is 5.99. The van der Waals surface area contributed by atoms with E-state index >= 15 is 0 Å². The van der Waals surface area contributed by atoms with Crippen molar-refractivity contribution in [2.45, 2.75) is 19.4 Å². The number of aromatic nitrogens is 1. The zero-order chi connectivity index (χ0) is 18.1. The Morgan fingerprint density at radius 3 is 2.44 bits per heavy atom. The second-order valence-electron chi connectivity index (χ2n) is 5.56. The second kappa shape index (κ2) is 13.3. The molecule has 0 bridgehead atoms. The Morgan fingerprint density at radius 1 is 1.15 bits per heavy atom. The van der Waals surface area contributed by atoms with Crippen LogP contribution in [0.5, 0.6) is 0 Å². The summed E-state index contributed by atoms with van der Waals surface area (Å²) in [6.45, 7) is 0.718. The fraction of sp³-hybridized carbons (Fsp3) is 0.278. The van der Waals surface area contributed by atoms with E-state index in [-0.39, 0.29) is 43.2 Å². The molecule has 0 aliphatic rings. The SMILES string of the molecule is Cl.Cl.NCCCC(=O)N(CC(=O)Nc1ccc(Cl)cc1)Cc1cccnc1. The maximum Gasteiger partial charge on any atom is 0.244 e. The summed E-state index contributed by atoms with van der Waals surface area (Å²) in [5.74, 6) is -0.382. The van der Waals surface area contributed by atoms with Crippen LogP contribution in [-0.4, -0.2) is 34.8 Å². The van der Waals surface area contributed by atoms with Crippen molar-refractivity contribution in [2.75, 3.05) is 18.4 Å². The van der Waals surface area contributed by atoms with Crippen molar-refractivity contribution in [3.05, 3.63) is 59.4 Å². The van der Waals surface area contributed by atoms with Gasteiger partial charge in [0.25, 0.3) is 0 Å². The molecule has 2 amide bonds. The number of rotatable bonds is 8. The molecule has 0 unspecified atom stereocenters. The number of nitrogens with one attached hydrogen (secondary N) is 1. The van der Waals surface area contributed by atoms with Crippen LogP contribution >= 0.6 is 36.4 Å². The van der Waals surface area contributed by atoms with Crippen LogP contribution in [0, 0.1) is 0 Å². The zero-order valence-electron chi connectivity index (χ0n) is 14.6. The molecule has 0 aliphatic carbocycles. The number of anilines is 1. The van der Waals surface area contributed by atoms with E-state index in [1.54, 1.807) is 42.7 Å². The standard InChI is InChI=1S/C18H21ClN4O2.2ClH/c19-15-5-7-16(8-6-15)22-17(24)13-23(18(25)4-1-9-20)12-14-3-2-10-21-11-14;;/h2-3,5-8,10-11H,1,4,9,12-13,20H2,(H,22,24);2*1H. The van der Waals surface area contributed by atoms with Gasteiger partial charge in [0, 0.05) is 36.1 Å². The van der Waals surface area contributed by atoms with Crippen LogP contribution in [-0.2, 0) is 16.1 Å². The summed E-state index contributed by atoms with van der Waals surface area (Å²) in [6.07, 6.45) is 4.24. The number of amides is 2. The molecule has 9 heteroatoms. The fourth-order valence-electron chi connectivity index (χ4n) is 2.26. The Morgan fingerprint density at radius 2 is 1.85 bits per heavy atom. The van der Waals surface area contributed by atoms with Gasteiger partial charge in [-0.05, 0) is 48.9 Å². The predicted octanol–water partition coefficient (Wildman–Crippen LogP) is 3.28. The number of carbonyl (C=O) groups excluding carboxylic acids is 2. The number of carbonyl (C=O) groups is 2. The van der Waals surface area contributed by atoms with E-state index in [2.05, 4.69) is 10.3 Å². The van der Waals surface area contributed by atoms with Gasteiger partial charge in [-0.2, -0.15) is 0 Å². The van der Waals surface area contributed by atoms with Crippen molar-refractivity contribution in [1.82, 2.24) is 9.88 Å². The lowest BCUT2D eigenvalue weighted by molar-refractivity contribution is -0.135. The normalized spacial score (nSPS) is 9.56. The summed E-state index contributed by atoms with van der Waals surface area (Å²) in [4.78, 5) is 30.2. The van der Waals surface area contributed by atoms with Crippen LogP contribution in [0.25, 0.3) is 0 Å². The average molecular weight is 434 g/mol. The largest absolute Gasteiger partial charge is 0.330 e. The first-order chi connectivity index (χ1) is 12.1. The molecule has 0 spiro atoms. The van der Waals surface area contributed by atoms with E-state index in [4.69, 9.17) is 17.3 Å². The molecular weight excluding hydrogens is 411 g/mol. The maximum absolute atomic E-state index is 12.4. The lowest BCUT2D eigenvalue weighted by Crippen LogP contribution is -2.37. The minimum absolute atomic E-state index is 0. The van der Waals surface area contributed by atoms with Crippen molar-refractivity contribution in [3.8, 4) is 0 Å². The quantitative estimate of drug-likeness (QED) is 0.668. The number of hydrogen-bond donors (Lipinski definition) is 2. The van der Waals surface area contributed by atoms with Gasteiger partial charge in [-0.15, -0.1) is 24.8 Å². The van der Waals surface area contributed by atoms with Crippen molar-refractivity contribution < 1.29 is 9.59 Å². The highest BCUT2D eigenvalue weighted by Crippen LogP contribution is 2.14. The topological polar surface area (TPSA) is 88.3 Å². The molecule has 1 aromatic heterocycles. The summed E-state index contributed by atoms with van der Waals surface area (Å²) in [7, 11) is 0. The van der Waals surface area contributed by atoms with Gasteiger partial charge in [0.1, 0.15) is 6.54 Å². The van der Waals surface area contributed by atoms with Gasteiger partial charge in [0.2, 0.25) is 11.8 Å². The minimum Gasteiger partial charge on any atom is -0.330 e. The Labute approximate surface area is 176 Å². The van der Waals surface area contributed by atoms with Gasteiger partial charge in [0.15, 0.2) is 0 Å². The number of halogens is 3. The molecule has 27 heavy (non-hydrogen) atoms. The third-order valence-corrected chi connectivity index (χ3v) is 3.76. The Bertz CT molecular complexity index is 700. The summed E-state index contributed by atoms with van der Waals surface area (Å²) in [5.41, 5.74) is 6.97. The van der Waals surface area contributed by atoms with E-state index in [0.717, 1.165) is 5.56 Å². The first-order valence-electron chi connectivity index (χ1n) is 8.00. The third kappa shape index (κ3) is 9.06. The van der Waals surface area contributed by atoms with Crippen LogP contribution in [0.3, 0.4) is 0 Å². The maximum atomic E-state index is 12.4. The highest BCUT2D eigenvalue weighted by atomic mass is 35.5. The molecular formula is C18H23Cl3N4O2. The van der Waals surface area contributed by atoms with Crippen LogP contribution in [0.1, 0.15) is 18.4 Å². The summed E-state index contributed by atoms with van der Waals surface area (Å²) in [5, 5.41) is 3.36. The number of nitrogens with zero attached hydrogens (tertiary/aromatic N) is 2. The van der Waals surface area contributed by atoms with Crippen molar-refractivity contribution in [2.24, 2.45) is 5.73 Å². The van der Waals surface area contributed by atoms with Crippen LogP contribution in [0.15, 0.2) is 48.8 Å². The number of benzene rings is 1. The van der Waals surface area contributed by atoms with Gasteiger partial charge < -0.3 is 16.0 Å². The smallest absolute Gasteiger partial charge is 0.244 e. The Hall–Kier alpha value is -1.86. The zero-order valence-corrected chi connectivity index (χ0v) is 17.0. The molecule has 1 aromatic carbocycles. The van der Waals surface area contributed by atoms with Gasteiger partial charge in [-0.1, -0.05) is 17.7 Å². The van der Waals surface area contributed by atoms with E-state index in [1.807, 2.05) is 6.07 Å². The first kappa shape index (κ1) is 25.1. The molecule has 0 saturated heterocycles. The number of nitrogens with two attached hydrogens (primary N) is 1. The molecule has 1 heterocycles. The molecule has 2 rings (SSSR count). The highest BCUT2D eigenvalue weighted by Gasteiger charge is 2.17. The van der Waals surface area contributed by atoms with Crippen LogP contribution < -0.4 is 11.1 Å². The van der Waals surface area contributed by atoms with Gasteiger partial charge in [0.05, 0.1) is 0 Å². The van der Waals surface area contributed by atoms with Crippen LogP contribution in [0.4, 0.5) is 5.69 Å². The Balaban J connectivity index is 0.00000338. The van der Waals surface area contributed by atoms with E-state index in [9.17, 15) is 9.59 Å². The summed E-state index contributed by atoms with van der Waals surface area (Å²) >= 11 is 5.83. The first-order valence-corrected chi connectivity index (χ1v) is 8.38. The van der Waals surface area contributed by atoms with Crippen molar-refractivity contribution >= 4 is 53.9 Å². The summed E-state index contributed by atoms with van der Waals surface area (Å²) in [6, 6.07) is 10.5. The van der Waals surface area contributed by atoms with Gasteiger partial charge in [-0.3, -0.25) is 14.6 Å². The molecule has 0 radical (unpaired) electrons. The van der Waals surface area contributed by atoms with E-state index in [1.165, 1.54) is 4.90 Å². The lowest BCUT2D eigenvalue weighted by Gasteiger charge is -2.22. The monoisotopic (exact) mass is 432 g/mol. The molecule has 0 aliphatic heterocycles. The Kier molecular flexibility index (Phi) is 12.4. The molecule has 0 saturated carbocycles. The van der Waals surface area contributed by atoms with Gasteiger partial charge >= 0.3 is 0 Å². The molecule has 3 N–H and O–H groups in total. The fourth-order valence-corrected chi connectivity index (χ4v) is 2.39. The van der Waals surface area contributed by atoms with E-state index in [0.29, 0.717) is 36.6 Å². The third-order valence-electron chi connectivity index (χ3n) is 3.51. The molecule has 6 nitrogen and oxygen atoms in total. The highest BCUT2D eigenvalue weighted by molar-refractivity contribution is 6.30. The van der Waals surface area contributed by atoms with Crippen molar-refractivity contribution in [1.29, 1.82) is 0 Å².